The molecule has 1 saturated heterocycles. The van der Waals surface area contributed by atoms with Gasteiger partial charge >= 0.3 is 0 Å². The first-order valence-corrected chi connectivity index (χ1v) is 8.98. The maximum Gasteiger partial charge on any atom is 0.246 e. The number of ether oxygens (including phenoxy) is 3. The van der Waals surface area contributed by atoms with Crippen LogP contribution in [0.5, 0.6) is 11.5 Å². The second kappa shape index (κ2) is 8.73. The fourth-order valence-electron chi connectivity index (χ4n) is 3.06. The van der Waals surface area contributed by atoms with E-state index in [-0.39, 0.29) is 12.0 Å². The van der Waals surface area contributed by atoms with E-state index in [0.29, 0.717) is 31.2 Å². The molecule has 27 heavy (non-hydrogen) atoms. The monoisotopic (exact) mass is 367 g/mol. The Morgan fingerprint density at radius 2 is 1.85 bits per heavy atom. The Hall–Kier alpha value is -2.79. The van der Waals surface area contributed by atoms with Crippen molar-refractivity contribution in [1.29, 1.82) is 0 Å². The summed E-state index contributed by atoms with van der Waals surface area (Å²) in [4.78, 5) is 14.4. The van der Waals surface area contributed by atoms with Crippen LogP contribution in [0.1, 0.15) is 22.8 Å². The minimum absolute atomic E-state index is 0.0230. The third kappa shape index (κ3) is 4.68. The number of amides is 1. The molecule has 2 aromatic carbocycles. The van der Waals surface area contributed by atoms with Crippen LogP contribution in [0.15, 0.2) is 48.5 Å². The van der Waals surface area contributed by atoms with Gasteiger partial charge in [0.1, 0.15) is 6.10 Å². The molecule has 1 aliphatic rings. The Bertz CT molecular complexity index is 814. The zero-order chi connectivity index (χ0) is 19.2. The second-order valence-electron chi connectivity index (χ2n) is 6.50. The van der Waals surface area contributed by atoms with Crippen molar-refractivity contribution >= 4 is 12.0 Å². The Morgan fingerprint density at radius 1 is 1.11 bits per heavy atom. The van der Waals surface area contributed by atoms with Crippen molar-refractivity contribution in [1.82, 2.24) is 4.90 Å². The molecule has 0 spiro atoms. The van der Waals surface area contributed by atoms with Gasteiger partial charge in [0.25, 0.3) is 0 Å². The molecule has 3 rings (SSSR count). The predicted octanol–water partition coefficient (Wildman–Crippen LogP) is 3.63. The molecule has 0 saturated carbocycles. The largest absolute Gasteiger partial charge is 0.493 e. The molecule has 1 aliphatic heterocycles. The van der Waals surface area contributed by atoms with Crippen LogP contribution in [0, 0.1) is 6.92 Å². The standard InChI is InChI=1S/C22H25NO4/c1-16-4-8-18(9-5-16)21-15-23(12-13-27-21)22(24)11-7-17-6-10-19(25-2)20(14-17)26-3/h4-11,14,21H,12-13,15H2,1-3H3/b11-7+. The molecular weight excluding hydrogens is 342 g/mol. The van der Waals surface area contributed by atoms with Crippen LogP contribution in [-0.2, 0) is 9.53 Å². The van der Waals surface area contributed by atoms with Crippen molar-refractivity contribution in [2.45, 2.75) is 13.0 Å². The summed E-state index contributed by atoms with van der Waals surface area (Å²) in [6, 6.07) is 13.8. The first-order chi connectivity index (χ1) is 13.1. The van der Waals surface area contributed by atoms with Crippen molar-refractivity contribution in [3.05, 3.63) is 65.2 Å². The number of methoxy groups -OCH3 is 2. The molecule has 0 aromatic heterocycles. The maximum absolute atomic E-state index is 12.6. The summed E-state index contributed by atoms with van der Waals surface area (Å²) in [6.45, 7) is 3.74. The van der Waals surface area contributed by atoms with Crippen molar-refractivity contribution < 1.29 is 19.0 Å². The van der Waals surface area contributed by atoms with Gasteiger partial charge in [-0.05, 0) is 36.3 Å². The van der Waals surface area contributed by atoms with Gasteiger partial charge in [0.15, 0.2) is 11.5 Å². The highest BCUT2D eigenvalue weighted by Crippen LogP contribution is 2.28. The molecule has 1 amide bonds. The van der Waals surface area contributed by atoms with Crippen molar-refractivity contribution in [3.8, 4) is 11.5 Å². The number of carbonyl (C=O) groups excluding carboxylic acids is 1. The Kier molecular flexibility index (Phi) is 6.14. The van der Waals surface area contributed by atoms with E-state index in [4.69, 9.17) is 14.2 Å². The van der Waals surface area contributed by atoms with Crippen LogP contribution < -0.4 is 9.47 Å². The minimum Gasteiger partial charge on any atom is -0.493 e. The van der Waals surface area contributed by atoms with Gasteiger partial charge in [-0.25, -0.2) is 0 Å². The lowest BCUT2D eigenvalue weighted by atomic mass is 10.1. The number of carbonyl (C=O) groups is 1. The lowest BCUT2D eigenvalue weighted by Crippen LogP contribution is -2.41. The summed E-state index contributed by atoms with van der Waals surface area (Å²) in [6.07, 6.45) is 3.30. The number of hydrogen-bond donors (Lipinski definition) is 0. The van der Waals surface area contributed by atoms with Gasteiger partial charge in [-0.2, -0.15) is 0 Å². The summed E-state index contributed by atoms with van der Waals surface area (Å²) in [5, 5.41) is 0. The highest BCUT2D eigenvalue weighted by atomic mass is 16.5. The van der Waals surface area contributed by atoms with Gasteiger partial charge in [0, 0.05) is 12.6 Å². The number of aryl methyl sites for hydroxylation is 1. The zero-order valence-corrected chi connectivity index (χ0v) is 16.0. The van der Waals surface area contributed by atoms with Crippen molar-refractivity contribution in [2.75, 3.05) is 33.9 Å². The second-order valence-corrected chi connectivity index (χ2v) is 6.50. The van der Waals surface area contributed by atoms with E-state index >= 15 is 0 Å². The highest BCUT2D eigenvalue weighted by Gasteiger charge is 2.24. The predicted molar refractivity (Wildman–Crippen MR) is 105 cm³/mol. The molecule has 2 aromatic rings. The van der Waals surface area contributed by atoms with Crippen LogP contribution in [-0.4, -0.2) is 44.7 Å². The summed E-state index contributed by atoms with van der Waals surface area (Å²) in [5.41, 5.74) is 3.19. The molecular formula is C22H25NO4. The minimum atomic E-state index is -0.0854. The van der Waals surface area contributed by atoms with Crippen LogP contribution in [0.4, 0.5) is 0 Å². The van der Waals surface area contributed by atoms with Gasteiger partial charge in [-0.1, -0.05) is 35.9 Å². The molecule has 0 bridgehead atoms. The lowest BCUT2D eigenvalue weighted by molar-refractivity contribution is -0.133. The van der Waals surface area contributed by atoms with Crippen LogP contribution in [0.3, 0.4) is 0 Å². The average molecular weight is 367 g/mol. The molecule has 1 fully saturated rings. The first kappa shape index (κ1) is 19.0. The first-order valence-electron chi connectivity index (χ1n) is 8.98. The third-order valence-corrected chi connectivity index (χ3v) is 4.65. The SMILES string of the molecule is COc1ccc(/C=C/C(=O)N2CCOC(c3ccc(C)cc3)C2)cc1OC. The number of morpholine rings is 1. The van der Waals surface area contributed by atoms with Crippen molar-refractivity contribution in [3.63, 3.8) is 0 Å². The van der Waals surface area contributed by atoms with Gasteiger partial charge in [-0.15, -0.1) is 0 Å². The Balaban J connectivity index is 1.66. The van der Waals surface area contributed by atoms with Gasteiger partial charge < -0.3 is 19.1 Å². The lowest BCUT2D eigenvalue weighted by Gasteiger charge is -2.32. The molecule has 1 heterocycles. The van der Waals surface area contributed by atoms with E-state index in [0.717, 1.165) is 11.1 Å². The van der Waals surface area contributed by atoms with E-state index in [1.807, 2.05) is 23.1 Å². The van der Waals surface area contributed by atoms with Gasteiger partial charge in [0.05, 0.1) is 27.4 Å². The van der Waals surface area contributed by atoms with Crippen molar-refractivity contribution in [2.24, 2.45) is 0 Å². The van der Waals surface area contributed by atoms with Crippen LogP contribution in [0.2, 0.25) is 0 Å². The summed E-state index contributed by atoms with van der Waals surface area (Å²) >= 11 is 0. The Morgan fingerprint density at radius 3 is 2.56 bits per heavy atom. The van der Waals surface area contributed by atoms with E-state index in [1.165, 1.54) is 5.56 Å². The number of nitrogens with zero attached hydrogens (tertiary/aromatic N) is 1. The topological polar surface area (TPSA) is 48.0 Å². The van der Waals surface area contributed by atoms with E-state index in [9.17, 15) is 4.79 Å². The fraction of sp³-hybridized carbons (Fsp3) is 0.318. The quantitative estimate of drug-likeness (QED) is 0.758. The van der Waals surface area contributed by atoms with Crippen LogP contribution in [0.25, 0.3) is 6.08 Å². The molecule has 1 atom stereocenters. The molecule has 0 radical (unpaired) electrons. The number of rotatable bonds is 5. The summed E-state index contributed by atoms with van der Waals surface area (Å²) in [7, 11) is 3.19. The molecule has 5 heteroatoms. The number of hydrogen-bond acceptors (Lipinski definition) is 4. The smallest absolute Gasteiger partial charge is 0.246 e. The summed E-state index contributed by atoms with van der Waals surface area (Å²) in [5.74, 6) is 1.28. The molecule has 5 nitrogen and oxygen atoms in total. The Labute approximate surface area is 160 Å². The molecule has 0 aliphatic carbocycles. The maximum atomic E-state index is 12.6. The normalized spacial score (nSPS) is 17.1. The highest BCUT2D eigenvalue weighted by molar-refractivity contribution is 5.92. The average Bonchev–Trinajstić information content (AvgIpc) is 2.72. The fourth-order valence-corrected chi connectivity index (χ4v) is 3.06. The zero-order valence-electron chi connectivity index (χ0n) is 16.0. The summed E-state index contributed by atoms with van der Waals surface area (Å²) < 4.78 is 16.4. The number of benzene rings is 2. The molecule has 142 valence electrons. The van der Waals surface area contributed by atoms with E-state index in [2.05, 4.69) is 31.2 Å². The molecule has 0 N–H and O–H groups in total. The van der Waals surface area contributed by atoms with Crippen LogP contribution >= 0.6 is 0 Å². The van der Waals surface area contributed by atoms with E-state index < -0.39 is 0 Å². The van der Waals surface area contributed by atoms with E-state index in [1.54, 1.807) is 26.4 Å². The van der Waals surface area contributed by atoms with Gasteiger partial charge in [-0.3, -0.25) is 4.79 Å². The molecule has 1 unspecified atom stereocenters. The third-order valence-electron chi connectivity index (χ3n) is 4.65. The van der Waals surface area contributed by atoms with Gasteiger partial charge in [0.2, 0.25) is 5.91 Å².